The van der Waals surface area contributed by atoms with Gasteiger partial charge in [0, 0.05) is 18.3 Å². The summed E-state index contributed by atoms with van der Waals surface area (Å²) in [5.74, 6) is 0.260. The smallest absolute Gasteiger partial charge is 0.138 e. The first-order chi connectivity index (χ1) is 10.7. The van der Waals surface area contributed by atoms with E-state index < -0.39 is 6.10 Å². The van der Waals surface area contributed by atoms with E-state index in [-0.39, 0.29) is 36.1 Å². The van der Waals surface area contributed by atoms with Crippen molar-refractivity contribution in [3.63, 3.8) is 0 Å². The maximum atomic E-state index is 11.9. The van der Waals surface area contributed by atoms with Gasteiger partial charge < -0.3 is 9.84 Å². The van der Waals surface area contributed by atoms with Crippen molar-refractivity contribution in [1.82, 2.24) is 0 Å². The summed E-state index contributed by atoms with van der Waals surface area (Å²) in [4.78, 5) is 11.9. The Morgan fingerprint density at radius 2 is 1.65 bits per heavy atom. The quantitative estimate of drug-likeness (QED) is 0.743. The van der Waals surface area contributed by atoms with Crippen molar-refractivity contribution in [3.8, 4) is 0 Å². The van der Waals surface area contributed by atoms with Crippen LogP contribution in [0, 0.1) is 24.7 Å². The first-order valence-electron chi connectivity index (χ1n) is 8.60. The topological polar surface area (TPSA) is 46.5 Å². The fourth-order valence-corrected chi connectivity index (χ4v) is 2.67. The number of Topliss-reactive ketones (excluding diaryl/α,β-unsaturated/α-hetero) is 1. The van der Waals surface area contributed by atoms with Gasteiger partial charge in [0.15, 0.2) is 0 Å². The minimum absolute atomic E-state index is 0.0390. The van der Waals surface area contributed by atoms with Crippen molar-refractivity contribution < 1.29 is 14.6 Å². The number of ether oxygens (including phenoxy) is 1. The van der Waals surface area contributed by atoms with E-state index in [0.29, 0.717) is 6.61 Å². The summed E-state index contributed by atoms with van der Waals surface area (Å²) in [6, 6.07) is 8.28. The Hall–Kier alpha value is -1.19. The minimum Gasteiger partial charge on any atom is -0.392 e. The number of hydrogen-bond acceptors (Lipinski definition) is 3. The van der Waals surface area contributed by atoms with Gasteiger partial charge in [0.25, 0.3) is 0 Å². The van der Waals surface area contributed by atoms with Crippen LogP contribution in [-0.4, -0.2) is 23.1 Å². The van der Waals surface area contributed by atoms with Gasteiger partial charge in [-0.2, -0.15) is 0 Å². The number of rotatable bonds is 9. The normalized spacial score (nSPS) is 15.7. The lowest BCUT2D eigenvalue weighted by Crippen LogP contribution is -2.37. The third-order valence-electron chi connectivity index (χ3n) is 4.40. The van der Waals surface area contributed by atoms with Crippen LogP contribution >= 0.6 is 0 Å². The fourth-order valence-electron chi connectivity index (χ4n) is 2.67. The summed E-state index contributed by atoms with van der Waals surface area (Å²) >= 11 is 0. The van der Waals surface area contributed by atoms with Gasteiger partial charge in [0.05, 0.1) is 18.8 Å². The summed E-state index contributed by atoms with van der Waals surface area (Å²) in [5, 5.41) is 10.4. The molecular weight excluding hydrogens is 288 g/mol. The zero-order valence-corrected chi connectivity index (χ0v) is 15.4. The van der Waals surface area contributed by atoms with E-state index in [0.717, 1.165) is 5.56 Å². The van der Waals surface area contributed by atoms with Crippen LogP contribution < -0.4 is 0 Å². The first kappa shape index (κ1) is 19.9. The van der Waals surface area contributed by atoms with E-state index in [4.69, 9.17) is 4.74 Å². The second-order valence-electron chi connectivity index (χ2n) is 7.26. The second-order valence-corrected chi connectivity index (χ2v) is 7.26. The van der Waals surface area contributed by atoms with Crippen LogP contribution in [0.3, 0.4) is 0 Å². The highest BCUT2D eigenvalue weighted by Crippen LogP contribution is 2.24. The van der Waals surface area contributed by atoms with E-state index in [1.807, 2.05) is 20.8 Å². The molecule has 3 atom stereocenters. The molecule has 0 saturated carbocycles. The zero-order valence-electron chi connectivity index (χ0n) is 15.4. The highest BCUT2D eigenvalue weighted by atomic mass is 16.5. The lowest BCUT2D eigenvalue weighted by atomic mass is 9.86. The summed E-state index contributed by atoms with van der Waals surface area (Å²) in [5.41, 5.74) is 2.35. The highest BCUT2D eigenvalue weighted by Gasteiger charge is 2.29. The summed E-state index contributed by atoms with van der Waals surface area (Å²) in [6.45, 7) is 12.5. The van der Waals surface area contributed by atoms with Gasteiger partial charge in [-0.25, -0.2) is 0 Å². The van der Waals surface area contributed by atoms with Crippen LogP contribution in [0.15, 0.2) is 24.3 Å². The molecule has 1 aromatic rings. The van der Waals surface area contributed by atoms with E-state index in [9.17, 15) is 9.90 Å². The Bertz CT molecular complexity index is 476. The van der Waals surface area contributed by atoms with Crippen LogP contribution in [0.5, 0.6) is 0 Å². The molecule has 0 aliphatic carbocycles. The molecule has 1 N–H and O–H groups in total. The van der Waals surface area contributed by atoms with E-state index in [1.54, 1.807) is 0 Å². The summed E-state index contributed by atoms with van der Waals surface area (Å²) < 4.78 is 6.08. The van der Waals surface area contributed by atoms with Gasteiger partial charge in [-0.05, 0) is 18.4 Å². The molecule has 3 heteroatoms. The Balaban J connectivity index is 2.65. The molecule has 0 radical (unpaired) electrons. The molecule has 23 heavy (non-hydrogen) atoms. The highest BCUT2D eigenvalue weighted by molar-refractivity contribution is 5.80. The fraction of sp³-hybridized carbons (Fsp3) is 0.650. The van der Waals surface area contributed by atoms with E-state index >= 15 is 0 Å². The molecule has 0 heterocycles. The molecule has 0 unspecified atom stereocenters. The molecule has 0 aliphatic heterocycles. The van der Waals surface area contributed by atoms with Crippen molar-refractivity contribution in [3.05, 3.63) is 35.4 Å². The van der Waals surface area contributed by atoms with Gasteiger partial charge in [-0.1, -0.05) is 64.4 Å². The van der Waals surface area contributed by atoms with Gasteiger partial charge in [0.1, 0.15) is 5.78 Å². The van der Waals surface area contributed by atoms with Gasteiger partial charge in [-0.15, -0.1) is 0 Å². The number of aliphatic hydroxyl groups is 1. The predicted octanol–water partition coefficient (Wildman–Crippen LogP) is 4.15. The van der Waals surface area contributed by atoms with E-state index in [2.05, 4.69) is 45.0 Å². The lowest BCUT2D eigenvalue weighted by molar-refractivity contribution is -0.126. The number of carbonyl (C=O) groups excluding carboxylic acids is 1. The Kier molecular flexibility index (Phi) is 7.93. The summed E-state index contributed by atoms with van der Waals surface area (Å²) in [7, 11) is 0. The minimum atomic E-state index is -0.657. The predicted molar refractivity (Wildman–Crippen MR) is 94.2 cm³/mol. The van der Waals surface area contributed by atoms with Crippen molar-refractivity contribution in [2.24, 2.45) is 17.8 Å². The number of aliphatic hydroxyl groups excluding tert-OH is 1. The molecule has 0 fully saturated rings. The van der Waals surface area contributed by atoms with Crippen LogP contribution in [0.1, 0.15) is 52.2 Å². The molecule has 3 nitrogen and oxygen atoms in total. The van der Waals surface area contributed by atoms with Crippen LogP contribution in [0.4, 0.5) is 0 Å². The summed E-state index contributed by atoms with van der Waals surface area (Å²) in [6.07, 6.45) is -0.530. The standard InChI is InChI=1S/C20H32O3/c1-13(2)18(21)11-19(22)16(6)20(14(3)4)23-12-17-9-7-15(5)8-10-17/h7-10,13-14,16,19-20,22H,11-12H2,1-6H3/t16-,19+,20+/m0/s1. The monoisotopic (exact) mass is 320 g/mol. The maximum absolute atomic E-state index is 11.9. The number of hydrogen-bond donors (Lipinski definition) is 1. The Morgan fingerprint density at radius 3 is 2.13 bits per heavy atom. The van der Waals surface area contributed by atoms with Crippen molar-refractivity contribution >= 4 is 5.78 Å². The molecule has 0 bridgehead atoms. The van der Waals surface area contributed by atoms with Crippen molar-refractivity contribution in [2.75, 3.05) is 0 Å². The molecule has 1 aromatic carbocycles. The molecule has 0 aromatic heterocycles. The SMILES string of the molecule is Cc1ccc(CO[C@H](C(C)C)[C@@H](C)[C@H](O)CC(=O)C(C)C)cc1. The molecule has 0 amide bonds. The number of ketones is 1. The third kappa shape index (κ3) is 6.44. The number of carbonyl (C=O) groups is 1. The Morgan fingerprint density at radius 1 is 1.09 bits per heavy atom. The third-order valence-corrected chi connectivity index (χ3v) is 4.40. The molecule has 1 rings (SSSR count). The Labute approximate surface area is 141 Å². The van der Waals surface area contributed by atoms with Gasteiger partial charge >= 0.3 is 0 Å². The van der Waals surface area contributed by atoms with Crippen LogP contribution in [0.2, 0.25) is 0 Å². The average Bonchev–Trinajstić information content (AvgIpc) is 2.48. The zero-order chi connectivity index (χ0) is 17.6. The molecule has 0 saturated heterocycles. The van der Waals surface area contributed by atoms with E-state index in [1.165, 1.54) is 5.56 Å². The van der Waals surface area contributed by atoms with Crippen LogP contribution in [-0.2, 0) is 16.1 Å². The number of benzene rings is 1. The molecular formula is C20H32O3. The lowest BCUT2D eigenvalue weighted by Gasteiger charge is -2.31. The van der Waals surface area contributed by atoms with Crippen LogP contribution in [0.25, 0.3) is 0 Å². The van der Waals surface area contributed by atoms with Crippen molar-refractivity contribution in [1.29, 1.82) is 0 Å². The van der Waals surface area contributed by atoms with Gasteiger partial charge in [-0.3, -0.25) is 4.79 Å². The van der Waals surface area contributed by atoms with Gasteiger partial charge in [0.2, 0.25) is 0 Å². The maximum Gasteiger partial charge on any atom is 0.138 e. The first-order valence-corrected chi connectivity index (χ1v) is 8.60. The average molecular weight is 320 g/mol. The van der Waals surface area contributed by atoms with Crippen molar-refractivity contribution in [2.45, 2.75) is 66.8 Å². The largest absolute Gasteiger partial charge is 0.392 e. The molecule has 0 spiro atoms. The molecule has 130 valence electrons. The number of aryl methyl sites for hydroxylation is 1. The second kappa shape index (κ2) is 9.19. The molecule has 0 aliphatic rings.